The maximum Gasteiger partial charge on any atom is 0.220 e. The highest BCUT2D eigenvalue weighted by Crippen LogP contribution is 2.48. The summed E-state index contributed by atoms with van der Waals surface area (Å²) in [6, 6.07) is 0. The van der Waals surface area contributed by atoms with Crippen LogP contribution in [0, 0.1) is 11.3 Å². The summed E-state index contributed by atoms with van der Waals surface area (Å²) >= 11 is 0. The van der Waals surface area contributed by atoms with Crippen LogP contribution in [0.2, 0.25) is 0 Å². The molecule has 1 amide bonds. The van der Waals surface area contributed by atoms with Crippen LogP contribution in [0.3, 0.4) is 0 Å². The number of nitrogens with two attached hydrogens (primary N) is 1. The molecule has 1 unspecified atom stereocenters. The molecule has 1 saturated heterocycles. The highest BCUT2D eigenvalue weighted by molar-refractivity contribution is 5.77. The molecule has 1 aliphatic carbocycles. The lowest BCUT2D eigenvalue weighted by molar-refractivity contribution is -0.127. The van der Waals surface area contributed by atoms with Gasteiger partial charge < -0.3 is 11.1 Å². The second kappa shape index (κ2) is 3.29. The van der Waals surface area contributed by atoms with E-state index in [0.29, 0.717) is 5.92 Å². The SMILES string of the molecule is NCC1CNC(=O)CC12CCCC2. The van der Waals surface area contributed by atoms with Crippen LogP contribution in [0.15, 0.2) is 0 Å². The molecule has 0 bridgehead atoms. The predicted octanol–water partition coefficient (Wildman–Crippen LogP) is 0.642. The molecule has 0 aromatic rings. The van der Waals surface area contributed by atoms with E-state index in [2.05, 4.69) is 5.32 Å². The van der Waals surface area contributed by atoms with Crippen LogP contribution >= 0.6 is 0 Å². The zero-order valence-electron chi connectivity index (χ0n) is 8.01. The monoisotopic (exact) mass is 182 g/mol. The summed E-state index contributed by atoms with van der Waals surface area (Å²) in [5, 5.41) is 2.92. The van der Waals surface area contributed by atoms with E-state index in [9.17, 15) is 4.79 Å². The number of rotatable bonds is 1. The molecular weight excluding hydrogens is 164 g/mol. The van der Waals surface area contributed by atoms with Gasteiger partial charge in [-0.1, -0.05) is 12.8 Å². The van der Waals surface area contributed by atoms with Gasteiger partial charge in [0.25, 0.3) is 0 Å². The first kappa shape index (κ1) is 9.00. The predicted molar refractivity (Wildman–Crippen MR) is 51.1 cm³/mol. The maximum absolute atomic E-state index is 11.3. The van der Waals surface area contributed by atoms with E-state index in [-0.39, 0.29) is 11.3 Å². The van der Waals surface area contributed by atoms with Crippen molar-refractivity contribution >= 4 is 5.91 Å². The Kier molecular flexibility index (Phi) is 2.28. The van der Waals surface area contributed by atoms with Gasteiger partial charge in [-0.15, -0.1) is 0 Å². The molecule has 13 heavy (non-hydrogen) atoms. The van der Waals surface area contributed by atoms with Crippen molar-refractivity contribution in [3.63, 3.8) is 0 Å². The minimum atomic E-state index is 0.228. The average molecular weight is 182 g/mol. The molecule has 0 radical (unpaired) electrons. The summed E-state index contributed by atoms with van der Waals surface area (Å²) < 4.78 is 0. The van der Waals surface area contributed by atoms with E-state index in [0.717, 1.165) is 19.5 Å². The zero-order chi connectivity index (χ0) is 9.31. The molecule has 1 heterocycles. The van der Waals surface area contributed by atoms with Gasteiger partial charge in [-0.25, -0.2) is 0 Å². The molecule has 2 rings (SSSR count). The summed E-state index contributed by atoms with van der Waals surface area (Å²) in [5.74, 6) is 0.749. The average Bonchev–Trinajstić information content (AvgIpc) is 2.54. The van der Waals surface area contributed by atoms with Crippen LogP contribution in [0.1, 0.15) is 32.1 Å². The second-order valence-electron chi connectivity index (χ2n) is 4.48. The van der Waals surface area contributed by atoms with Crippen LogP contribution in [-0.4, -0.2) is 19.0 Å². The number of amides is 1. The van der Waals surface area contributed by atoms with Crippen LogP contribution in [-0.2, 0) is 4.79 Å². The number of nitrogens with one attached hydrogen (secondary N) is 1. The summed E-state index contributed by atoms with van der Waals surface area (Å²) in [5.41, 5.74) is 6.03. The number of hydrogen-bond donors (Lipinski definition) is 2. The van der Waals surface area contributed by atoms with Gasteiger partial charge in [-0.3, -0.25) is 4.79 Å². The Balaban J connectivity index is 2.14. The van der Waals surface area contributed by atoms with Gasteiger partial charge in [0.05, 0.1) is 0 Å². The lowest BCUT2D eigenvalue weighted by Gasteiger charge is -2.40. The molecular formula is C10H18N2O. The molecule has 0 aromatic carbocycles. The summed E-state index contributed by atoms with van der Waals surface area (Å²) in [4.78, 5) is 11.3. The van der Waals surface area contributed by atoms with Gasteiger partial charge >= 0.3 is 0 Å². The largest absolute Gasteiger partial charge is 0.356 e. The van der Waals surface area contributed by atoms with Gasteiger partial charge in [0, 0.05) is 13.0 Å². The maximum atomic E-state index is 11.3. The smallest absolute Gasteiger partial charge is 0.220 e. The Morgan fingerprint density at radius 1 is 1.46 bits per heavy atom. The van der Waals surface area contributed by atoms with Gasteiger partial charge in [-0.2, -0.15) is 0 Å². The fourth-order valence-corrected chi connectivity index (χ4v) is 2.98. The van der Waals surface area contributed by atoms with E-state index in [1.54, 1.807) is 0 Å². The van der Waals surface area contributed by atoms with Crippen LogP contribution in [0.25, 0.3) is 0 Å². The fourth-order valence-electron chi connectivity index (χ4n) is 2.98. The third-order valence-electron chi connectivity index (χ3n) is 3.81. The molecule has 3 N–H and O–H groups in total. The number of hydrogen-bond acceptors (Lipinski definition) is 2. The van der Waals surface area contributed by atoms with E-state index in [4.69, 9.17) is 5.73 Å². The first-order chi connectivity index (χ1) is 6.27. The Bertz CT molecular complexity index is 209. The van der Waals surface area contributed by atoms with Crippen molar-refractivity contribution in [2.75, 3.05) is 13.1 Å². The second-order valence-corrected chi connectivity index (χ2v) is 4.48. The molecule has 0 aromatic heterocycles. The Morgan fingerprint density at radius 2 is 2.15 bits per heavy atom. The van der Waals surface area contributed by atoms with Crippen molar-refractivity contribution in [3.8, 4) is 0 Å². The van der Waals surface area contributed by atoms with Crippen molar-refractivity contribution in [2.24, 2.45) is 17.1 Å². The lowest BCUT2D eigenvalue weighted by atomic mass is 9.69. The molecule has 74 valence electrons. The van der Waals surface area contributed by atoms with Crippen molar-refractivity contribution in [1.82, 2.24) is 5.32 Å². The van der Waals surface area contributed by atoms with Gasteiger partial charge in [0.1, 0.15) is 0 Å². The first-order valence-corrected chi connectivity index (χ1v) is 5.24. The van der Waals surface area contributed by atoms with Crippen molar-refractivity contribution in [1.29, 1.82) is 0 Å². The normalized spacial score (nSPS) is 32.1. The molecule has 3 heteroatoms. The van der Waals surface area contributed by atoms with Crippen LogP contribution < -0.4 is 11.1 Å². The summed E-state index contributed by atoms with van der Waals surface area (Å²) in [6.45, 7) is 1.52. The molecule has 2 aliphatic rings. The van der Waals surface area contributed by atoms with Crippen LogP contribution in [0.5, 0.6) is 0 Å². The molecule has 1 spiro atoms. The third-order valence-corrected chi connectivity index (χ3v) is 3.81. The summed E-state index contributed by atoms with van der Waals surface area (Å²) in [7, 11) is 0. The zero-order valence-corrected chi connectivity index (χ0v) is 8.01. The molecule has 3 nitrogen and oxygen atoms in total. The topological polar surface area (TPSA) is 55.1 Å². The quantitative estimate of drug-likeness (QED) is 0.625. The van der Waals surface area contributed by atoms with Gasteiger partial charge in [-0.05, 0) is 30.7 Å². The van der Waals surface area contributed by atoms with E-state index >= 15 is 0 Å². The van der Waals surface area contributed by atoms with Crippen molar-refractivity contribution < 1.29 is 4.79 Å². The fraction of sp³-hybridized carbons (Fsp3) is 0.900. The number of carbonyl (C=O) groups is 1. The van der Waals surface area contributed by atoms with Crippen molar-refractivity contribution in [3.05, 3.63) is 0 Å². The Labute approximate surface area is 79.1 Å². The first-order valence-electron chi connectivity index (χ1n) is 5.24. The van der Waals surface area contributed by atoms with Gasteiger partial charge in [0.2, 0.25) is 5.91 Å². The van der Waals surface area contributed by atoms with E-state index in [1.165, 1.54) is 25.7 Å². The standard InChI is InChI=1S/C10H18N2O/c11-6-8-7-12-9(13)5-10(8)3-1-2-4-10/h8H,1-7,11H2,(H,12,13). The van der Waals surface area contributed by atoms with E-state index < -0.39 is 0 Å². The molecule has 1 atom stereocenters. The van der Waals surface area contributed by atoms with Crippen LogP contribution in [0.4, 0.5) is 0 Å². The Hall–Kier alpha value is -0.570. The minimum Gasteiger partial charge on any atom is -0.356 e. The molecule has 2 fully saturated rings. The van der Waals surface area contributed by atoms with E-state index in [1.807, 2.05) is 0 Å². The van der Waals surface area contributed by atoms with Crippen molar-refractivity contribution in [2.45, 2.75) is 32.1 Å². The highest BCUT2D eigenvalue weighted by Gasteiger charge is 2.44. The Morgan fingerprint density at radius 3 is 2.77 bits per heavy atom. The highest BCUT2D eigenvalue weighted by atomic mass is 16.1. The lowest BCUT2D eigenvalue weighted by Crippen LogP contribution is -2.49. The minimum absolute atomic E-state index is 0.228. The summed E-state index contributed by atoms with van der Waals surface area (Å²) in [6.07, 6.45) is 5.70. The number of piperidine rings is 1. The third kappa shape index (κ3) is 1.46. The number of carbonyl (C=O) groups excluding carboxylic acids is 1. The molecule has 1 saturated carbocycles. The van der Waals surface area contributed by atoms with Gasteiger partial charge in [0.15, 0.2) is 0 Å². The molecule has 1 aliphatic heterocycles.